The number of nitrogens with one attached hydrogen (secondary N) is 3. The Morgan fingerprint density at radius 3 is 2.51 bits per heavy atom. The van der Waals surface area contributed by atoms with Crippen LogP contribution in [0.1, 0.15) is 55.5 Å². The molecule has 2 aliphatic heterocycles. The molecule has 0 spiro atoms. The summed E-state index contributed by atoms with van der Waals surface area (Å²) < 4.78 is 0. The van der Waals surface area contributed by atoms with E-state index in [0.717, 1.165) is 60.0 Å². The number of carbonyl (C=O) groups is 1. The minimum atomic E-state index is 0.000220. The zero-order valence-electron chi connectivity index (χ0n) is 21.6. The minimum Gasteiger partial charge on any atom is -0.371 e. The van der Waals surface area contributed by atoms with E-state index in [1.165, 1.54) is 42.5 Å². The Kier molecular flexibility index (Phi) is 6.74. The van der Waals surface area contributed by atoms with Crippen LogP contribution in [0.4, 0.5) is 11.4 Å². The number of allylic oxidation sites excluding steroid dienone is 6. The van der Waals surface area contributed by atoms with Gasteiger partial charge in [0.2, 0.25) is 0 Å². The Hall–Kier alpha value is -2.99. The molecule has 0 unspecified atom stereocenters. The second-order valence-electron chi connectivity index (χ2n) is 10.4. The molecule has 0 atom stereocenters. The maximum atomic E-state index is 13.7. The van der Waals surface area contributed by atoms with Gasteiger partial charge in [0.05, 0.1) is 5.70 Å². The van der Waals surface area contributed by atoms with Crippen molar-refractivity contribution in [2.24, 2.45) is 0 Å². The predicted octanol–water partition coefficient (Wildman–Crippen LogP) is 4.16. The van der Waals surface area contributed by atoms with Crippen LogP contribution < -0.4 is 25.8 Å². The molecule has 6 heteroatoms. The predicted molar refractivity (Wildman–Crippen MR) is 145 cm³/mol. The summed E-state index contributed by atoms with van der Waals surface area (Å²) >= 11 is 0. The molecule has 5 rings (SSSR count). The summed E-state index contributed by atoms with van der Waals surface area (Å²) in [5, 5.41) is 10.2. The first-order valence-electron chi connectivity index (χ1n) is 13.1. The van der Waals surface area contributed by atoms with Crippen LogP contribution in [-0.4, -0.2) is 51.7 Å². The molecular weight excluding hydrogens is 434 g/mol. The first-order valence-corrected chi connectivity index (χ1v) is 13.1. The molecule has 3 N–H and O–H groups in total. The van der Waals surface area contributed by atoms with Crippen LogP contribution in [0.25, 0.3) is 0 Å². The normalized spacial score (nSPS) is 20.2. The molecule has 2 aliphatic carbocycles. The molecule has 35 heavy (non-hydrogen) atoms. The van der Waals surface area contributed by atoms with Crippen LogP contribution in [0.2, 0.25) is 0 Å². The average molecular weight is 474 g/mol. The third-order valence-corrected chi connectivity index (χ3v) is 7.92. The fourth-order valence-electron chi connectivity index (χ4n) is 5.74. The van der Waals surface area contributed by atoms with Crippen LogP contribution in [0.3, 0.4) is 0 Å². The molecular formula is C29H39N5O. The van der Waals surface area contributed by atoms with Crippen LogP contribution in [0, 0.1) is 6.92 Å². The lowest BCUT2D eigenvalue weighted by Gasteiger charge is -2.33. The van der Waals surface area contributed by atoms with E-state index in [1.807, 2.05) is 0 Å². The van der Waals surface area contributed by atoms with Gasteiger partial charge in [-0.2, -0.15) is 0 Å². The zero-order chi connectivity index (χ0) is 24.5. The minimum absolute atomic E-state index is 0.000220. The average Bonchev–Trinajstić information content (AvgIpc) is 3.56. The van der Waals surface area contributed by atoms with Gasteiger partial charge in [-0.05, 0) is 74.1 Å². The highest BCUT2D eigenvalue weighted by Crippen LogP contribution is 2.35. The van der Waals surface area contributed by atoms with E-state index in [0.29, 0.717) is 12.6 Å². The summed E-state index contributed by atoms with van der Waals surface area (Å²) in [6, 6.07) is 4.97. The van der Waals surface area contributed by atoms with Gasteiger partial charge in [-0.1, -0.05) is 25.0 Å². The van der Waals surface area contributed by atoms with Crippen molar-refractivity contribution in [1.29, 1.82) is 0 Å². The van der Waals surface area contributed by atoms with Crippen molar-refractivity contribution >= 4 is 17.3 Å². The quantitative estimate of drug-likeness (QED) is 0.579. The fraction of sp³-hybridized carbons (Fsp3) is 0.483. The fourth-order valence-corrected chi connectivity index (χ4v) is 5.74. The summed E-state index contributed by atoms with van der Waals surface area (Å²) in [5.74, 6) is 0.000220. The lowest BCUT2D eigenvalue weighted by Crippen LogP contribution is -2.43. The summed E-state index contributed by atoms with van der Waals surface area (Å²) in [5.41, 5.74) is 10.0. The van der Waals surface area contributed by atoms with E-state index >= 15 is 0 Å². The molecule has 6 nitrogen and oxygen atoms in total. The number of carbonyl (C=O) groups excluding carboxylic acids is 1. The topological polar surface area (TPSA) is 59.6 Å². The van der Waals surface area contributed by atoms with Crippen LogP contribution in [0.5, 0.6) is 0 Å². The van der Waals surface area contributed by atoms with Crippen molar-refractivity contribution in [3.8, 4) is 0 Å². The Morgan fingerprint density at radius 1 is 1.11 bits per heavy atom. The van der Waals surface area contributed by atoms with Gasteiger partial charge >= 0.3 is 0 Å². The number of benzene rings is 1. The van der Waals surface area contributed by atoms with Gasteiger partial charge in [0.15, 0.2) is 0 Å². The van der Waals surface area contributed by atoms with Crippen molar-refractivity contribution < 1.29 is 4.79 Å². The molecule has 0 aromatic heterocycles. The maximum absolute atomic E-state index is 13.7. The maximum Gasteiger partial charge on any atom is 0.251 e. The van der Waals surface area contributed by atoms with Gasteiger partial charge in [-0.15, -0.1) is 0 Å². The number of nitrogens with zero attached hydrogens (tertiary/aromatic N) is 2. The second-order valence-corrected chi connectivity index (χ2v) is 10.4. The molecule has 2 heterocycles. The van der Waals surface area contributed by atoms with Crippen molar-refractivity contribution in [1.82, 2.24) is 16.0 Å². The van der Waals surface area contributed by atoms with Gasteiger partial charge in [0.25, 0.3) is 5.91 Å². The van der Waals surface area contributed by atoms with E-state index in [4.69, 9.17) is 0 Å². The van der Waals surface area contributed by atoms with Gasteiger partial charge in [0.1, 0.15) is 0 Å². The van der Waals surface area contributed by atoms with Gasteiger partial charge in [0, 0.05) is 68.4 Å². The second kappa shape index (κ2) is 9.94. The molecule has 1 saturated heterocycles. The SMILES string of the molecule is CC1=CC(C)=C(CNC(=O)c2cc(N3CCNCC3)cc(N(C)C3CCCC3)c2C)C(=C2C=C2)N1. The number of amides is 1. The van der Waals surface area contributed by atoms with Gasteiger partial charge < -0.3 is 25.8 Å². The standard InChI is InChI=1S/C29H39N5O/c1-19-15-20(2)32-28(22-9-10-22)26(19)18-31-29(35)25-16-24(34-13-11-30-12-14-34)17-27(21(25)3)33(4)23-7-5-6-8-23/h9-10,15-17,23,30,32H,5-8,11-14,18H2,1-4H3,(H,31,35). The van der Waals surface area contributed by atoms with Crippen LogP contribution >= 0.6 is 0 Å². The van der Waals surface area contributed by atoms with E-state index in [1.54, 1.807) is 0 Å². The first-order chi connectivity index (χ1) is 16.9. The molecule has 1 aromatic rings. The number of anilines is 2. The highest BCUT2D eigenvalue weighted by atomic mass is 16.1. The molecule has 1 amide bonds. The Labute approximate surface area is 209 Å². The monoisotopic (exact) mass is 473 g/mol. The zero-order valence-corrected chi connectivity index (χ0v) is 21.6. The van der Waals surface area contributed by atoms with E-state index in [9.17, 15) is 4.79 Å². The van der Waals surface area contributed by atoms with Crippen molar-refractivity contribution in [2.75, 3.05) is 49.6 Å². The van der Waals surface area contributed by atoms with Gasteiger partial charge in [-0.25, -0.2) is 0 Å². The third kappa shape index (κ3) is 5.03. The summed E-state index contributed by atoms with van der Waals surface area (Å²) in [6.07, 6.45) is 11.4. The number of rotatable bonds is 6. The number of hydrogen-bond acceptors (Lipinski definition) is 5. The first kappa shape index (κ1) is 23.7. The lowest BCUT2D eigenvalue weighted by molar-refractivity contribution is 0.0956. The lowest BCUT2D eigenvalue weighted by atomic mass is 9.99. The molecule has 1 aromatic carbocycles. The van der Waals surface area contributed by atoms with Crippen molar-refractivity contribution in [3.05, 3.63) is 69.6 Å². The molecule has 2 fully saturated rings. The van der Waals surface area contributed by atoms with Crippen molar-refractivity contribution in [2.45, 2.75) is 52.5 Å². The number of dihydropyridines is 1. The number of hydrogen-bond donors (Lipinski definition) is 3. The van der Waals surface area contributed by atoms with Crippen molar-refractivity contribution in [3.63, 3.8) is 0 Å². The van der Waals surface area contributed by atoms with E-state index < -0.39 is 0 Å². The van der Waals surface area contributed by atoms with Crippen LogP contribution in [0.15, 0.2) is 58.5 Å². The van der Waals surface area contributed by atoms with E-state index in [2.05, 4.69) is 83.9 Å². The van der Waals surface area contributed by atoms with Crippen LogP contribution in [-0.2, 0) is 0 Å². The summed E-state index contributed by atoms with van der Waals surface area (Å²) in [7, 11) is 2.21. The molecule has 0 radical (unpaired) electrons. The van der Waals surface area contributed by atoms with Gasteiger partial charge in [-0.3, -0.25) is 4.79 Å². The Balaban J connectivity index is 1.43. The largest absolute Gasteiger partial charge is 0.371 e. The highest BCUT2D eigenvalue weighted by Gasteiger charge is 2.26. The number of piperazine rings is 1. The molecule has 186 valence electrons. The smallest absolute Gasteiger partial charge is 0.251 e. The Morgan fingerprint density at radius 2 is 1.83 bits per heavy atom. The Bertz CT molecular complexity index is 1120. The molecule has 1 saturated carbocycles. The summed E-state index contributed by atoms with van der Waals surface area (Å²) in [6.45, 7) is 10.7. The highest BCUT2D eigenvalue weighted by molar-refractivity contribution is 5.98. The van der Waals surface area contributed by atoms with E-state index in [-0.39, 0.29) is 5.91 Å². The molecule has 0 bridgehead atoms. The molecule has 4 aliphatic rings. The third-order valence-electron chi connectivity index (χ3n) is 7.92. The summed E-state index contributed by atoms with van der Waals surface area (Å²) in [4.78, 5) is 18.5.